The molecule has 0 fully saturated rings. The van der Waals surface area contributed by atoms with Crippen LogP contribution in [-0.2, 0) is 6.42 Å². The summed E-state index contributed by atoms with van der Waals surface area (Å²) >= 11 is 3.42. The van der Waals surface area contributed by atoms with E-state index in [2.05, 4.69) is 33.0 Å². The molecule has 0 aromatic heterocycles. The van der Waals surface area contributed by atoms with Gasteiger partial charge in [0.1, 0.15) is 0 Å². The van der Waals surface area contributed by atoms with Gasteiger partial charge >= 0.3 is 0 Å². The quantitative estimate of drug-likeness (QED) is 0.717. The Morgan fingerprint density at radius 1 is 1.42 bits per heavy atom. The van der Waals surface area contributed by atoms with E-state index >= 15 is 0 Å². The number of hydrogen-bond acceptors (Lipinski definition) is 1. The average Bonchev–Trinajstić information content (AvgIpc) is 2.05. The fourth-order valence-corrected chi connectivity index (χ4v) is 1.48. The lowest BCUT2D eigenvalue weighted by Gasteiger charge is -2.12. The normalized spacial score (nSPS) is 9.92. The molecule has 0 aliphatic heterocycles. The third-order valence-electron chi connectivity index (χ3n) is 1.73. The summed E-state index contributed by atoms with van der Waals surface area (Å²) in [5.74, 6) is 0. The van der Waals surface area contributed by atoms with Gasteiger partial charge in [0, 0.05) is 25.1 Å². The second-order valence-corrected chi connectivity index (χ2v) is 3.73. The number of alkyl halides is 1. The maximum absolute atomic E-state index is 3.42. The van der Waals surface area contributed by atoms with Gasteiger partial charge in [-0.05, 0) is 30.2 Å². The zero-order chi connectivity index (χ0) is 8.97. The highest BCUT2D eigenvalue weighted by atomic mass is 79.9. The second kappa shape index (κ2) is 4.51. The summed E-state index contributed by atoms with van der Waals surface area (Å²) in [5, 5.41) is 1.01. The summed E-state index contributed by atoms with van der Waals surface area (Å²) in [6.45, 7) is 0. The van der Waals surface area contributed by atoms with Gasteiger partial charge < -0.3 is 4.90 Å². The van der Waals surface area contributed by atoms with Crippen LogP contribution in [0.5, 0.6) is 0 Å². The van der Waals surface area contributed by atoms with E-state index in [0.29, 0.717) is 0 Å². The molecule has 0 atom stereocenters. The molecule has 1 nitrogen and oxygen atoms in total. The zero-order valence-corrected chi connectivity index (χ0v) is 9.06. The van der Waals surface area contributed by atoms with Crippen LogP contribution in [0.2, 0.25) is 0 Å². The minimum Gasteiger partial charge on any atom is -0.378 e. The van der Waals surface area contributed by atoms with Crippen molar-refractivity contribution in [1.82, 2.24) is 0 Å². The van der Waals surface area contributed by atoms with Gasteiger partial charge in [-0.1, -0.05) is 22.0 Å². The van der Waals surface area contributed by atoms with Crippen molar-refractivity contribution in [1.29, 1.82) is 0 Å². The molecule has 1 aromatic carbocycles. The number of aryl methyl sites for hydroxylation is 1. The first-order valence-corrected chi connectivity index (χ1v) is 5.09. The van der Waals surface area contributed by atoms with Gasteiger partial charge in [-0.25, -0.2) is 0 Å². The Bertz CT molecular complexity index is 245. The van der Waals surface area contributed by atoms with E-state index in [9.17, 15) is 0 Å². The monoisotopic (exact) mass is 226 g/mol. The van der Waals surface area contributed by atoms with Crippen LogP contribution in [0.4, 0.5) is 5.69 Å². The first kappa shape index (κ1) is 9.59. The molecule has 0 aliphatic rings. The first-order chi connectivity index (χ1) is 5.74. The van der Waals surface area contributed by atoms with Gasteiger partial charge in [0.25, 0.3) is 0 Å². The largest absolute Gasteiger partial charge is 0.378 e. The lowest BCUT2D eigenvalue weighted by Crippen LogP contribution is -2.08. The molecule has 0 amide bonds. The second-order valence-electron chi connectivity index (χ2n) is 2.93. The Labute approximate surface area is 82.5 Å². The van der Waals surface area contributed by atoms with Crippen molar-refractivity contribution >= 4 is 21.6 Å². The van der Waals surface area contributed by atoms with Crippen molar-refractivity contribution in [3.05, 3.63) is 29.8 Å². The van der Waals surface area contributed by atoms with E-state index in [1.807, 2.05) is 26.2 Å². The van der Waals surface area contributed by atoms with Crippen molar-refractivity contribution < 1.29 is 0 Å². The Balaban J connectivity index is 2.81. The fraction of sp³-hybridized carbons (Fsp3) is 0.400. The first-order valence-electron chi connectivity index (χ1n) is 3.97. The van der Waals surface area contributed by atoms with Crippen LogP contribution in [0, 0.1) is 6.07 Å². The van der Waals surface area contributed by atoms with E-state index in [4.69, 9.17) is 0 Å². The molecule has 0 spiro atoms. The third-order valence-corrected chi connectivity index (χ3v) is 2.13. The summed E-state index contributed by atoms with van der Waals surface area (Å²) in [6.07, 6.45) is 1.07. The summed E-state index contributed by atoms with van der Waals surface area (Å²) in [7, 11) is 4.09. The van der Waals surface area contributed by atoms with Crippen LogP contribution in [0.1, 0.15) is 5.56 Å². The Morgan fingerprint density at radius 2 is 2.17 bits per heavy atom. The van der Waals surface area contributed by atoms with Crippen LogP contribution >= 0.6 is 15.9 Å². The number of halogens is 1. The Morgan fingerprint density at radius 3 is 2.75 bits per heavy atom. The molecular weight excluding hydrogens is 214 g/mol. The highest BCUT2D eigenvalue weighted by Gasteiger charge is 1.96. The predicted octanol–water partition coefficient (Wildman–Crippen LogP) is 2.49. The molecule has 0 N–H and O–H groups in total. The van der Waals surface area contributed by atoms with E-state index in [0.717, 1.165) is 11.8 Å². The molecule has 1 rings (SSSR count). The standard InChI is InChI=1S/C10H13BrN/c1-12(2)10-5-3-4-9(8-10)6-7-11/h4-5,8H,6-7H2,1-2H3. The Hall–Kier alpha value is -0.500. The lowest BCUT2D eigenvalue weighted by molar-refractivity contribution is 1.10. The van der Waals surface area contributed by atoms with Gasteiger partial charge in [0.2, 0.25) is 0 Å². The van der Waals surface area contributed by atoms with Crippen LogP contribution < -0.4 is 4.90 Å². The molecule has 0 saturated carbocycles. The molecular formula is C10H13BrN. The van der Waals surface area contributed by atoms with Gasteiger partial charge in [-0.2, -0.15) is 0 Å². The number of benzene rings is 1. The molecule has 0 unspecified atom stereocenters. The van der Waals surface area contributed by atoms with E-state index in [-0.39, 0.29) is 0 Å². The molecule has 0 heterocycles. The van der Waals surface area contributed by atoms with Gasteiger partial charge in [0.15, 0.2) is 0 Å². The molecule has 12 heavy (non-hydrogen) atoms. The van der Waals surface area contributed by atoms with Gasteiger partial charge in [-0.3, -0.25) is 0 Å². The zero-order valence-electron chi connectivity index (χ0n) is 7.47. The Kier molecular flexibility index (Phi) is 3.60. The summed E-state index contributed by atoms with van der Waals surface area (Å²) in [6, 6.07) is 9.36. The number of anilines is 1. The van der Waals surface area contributed by atoms with Crippen molar-refractivity contribution in [3.63, 3.8) is 0 Å². The smallest absolute Gasteiger partial charge is 0.0369 e. The minimum atomic E-state index is 1.01. The molecule has 2 heteroatoms. The van der Waals surface area contributed by atoms with Crippen molar-refractivity contribution in [2.24, 2.45) is 0 Å². The van der Waals surface area contributed by atoms with Crippen molar-refractivity contribution in [2.75, 3.05) is 24.3 Å². The van der Waals surface area contributed by atoms with Crippen LogP contribution in [-0.4, -0.2) is 19.4 Å². The highest BCUT2D eigenvalue weighted by molar-refractivity contribution is 9.09. The molecule has 65 valence electrons. The highest BCUT2D eigenvalue weighted by Crippen LogP contribution is 2.13. The van der Waals surface area contributed by atoms with Gasteiger partial charge in [-0.15, -0.1) is 0 Å². The minimum absolute atomic E-state index is 1.01. The molecule has 1 radical (unpaired) electrons. The summed E-state index contributed by atoms with van der Waals surface area (Å²) < 4.78 is 0. The van der Waals surface area contributed by atoms with Crippen LogP contribution in [0.25, 0.3) is 0 Å². The maximum Gasteiger partial charge on any atom is 0.0369 e. The summed E-state index contributed by atoms with van der Waals surface area (Å²) in [4.78, 5) is 2.09. The SMILES string of the molecule is CN(C)c1c[c]cc(CCBr)c1. The molecule has 0 bridgehead atoms. The van der Waals surface area contributed by atoms with Crippen molar-refractivity contribution in [3.8, 4) is 0 Å². The van der Waals surface area contributed by atoms with Crippen molar-refractivity contribution in [2.45, 2.75) is 6.42 Å². The lowest BCUT2D eigenvalue weighted by atomic mass is 10.1. The number of rotatable bonds is 3. The fourth-order valence-electron chi connectivity index (χ4n) is 1.02. The molecule has 1 aromatic rings. The average molecular weight is 227 g/mol. The van der Waals surface area contributed by atoms with E-state index in [1.54, 1.807) is 0 Å². The van der Waals surface area contributed by atoms with Crippen LogP contribution in [0.15, 0.2) is 18.2 Å². The van der Waals surface area contributed by atoms with E-state index in [1.165, 1.54) is 11.3 Å². The number of hydrogen-bond donors (Lipinski definition) is 0. The maximum atomic E-state index is 3.42. The molecule has 0 saturated heterocycles. The third kappa shape index (κ3) is 2.52. The van der Waals surface area contributed by atoms with Crippen LogP contribution in [0.3, 0.4) is 0 Å². The molecule has 0 aliphatic carbocycles. The number of nitrogens with zero attached hydrogens (tertiary/aromatic N) is 1. The predicted molar refractivity (Wildman–Crippen MR) is 57.1 cm³/mol. The van der Waals surface area contributed by atoms with E-state index < -0.39 is 0 Å². The topological polar surface area (TPSA) is 3.24 Å². The van der Waals surface area contributed by atoms with Gasteiger partial charge in [0.05, 0.1) is 0 Å². The summed E-state index contributed by atoms with van der Waals surface area (Å²) in [5.41, 5.74) is 2.55.